The van der Waals surface area contributed by atoms with Crippen LogP contribution in [0.25, 0.3) is 54.9 Å². The minimum atomic E-state index is -3.89. The number of hydrogen-bond acceptors (Lipinski definition) is 19. The van der Waals surface area contributed by atoms with Crippen LogP contribution in [-0.4, -0.2) is 196 Å². The molecule has 2 fully saturated rings. The van der Waals surface area contributed by atoms with E-state index in [1.807, 2.05) is 54.3 Å². The summed E-state index contributed by atoms with van der Waals surface area (Å²) in [5, 5.41) is 37.7. The molecule has 0 unspecified atom stereocenters. The van der Waals surface area contributed by atoms with Crippen LogP contribution < -0.4 is 29.6 Å². The number of aromatic nitrogens is 5. The summed E-state index contributed by atoms with van der Waals surface area (Å²) in [6, 6.07) is 31.0. The van der Waals surface area contributed by atoms with Crippen molar-refractivity contribution >= 4 is 111 Å². The van der Waals surface area contributed by atoms with Crippen LogP contribution in [0.2, 0.25) is 0 Å². The van der Waals surface area contributed by atoms with Gasteiger partial charge in [-0.05, 0) is 209 Å². The molecular weight excluding hydrogens is 1420 g/mol. The molecule has 2 saturated heterocycles. The van der Waals surface area contributed by atoms with Crippen LogP contribution in [0.3, 0.4) is 0 Å². The molecule has 556 valence electrons. The maximum Gasteiger partial charge on any atom is 0.290 e. The number of rotatable bonds is 10. The van der Waals surface area contributed by atoms with E-state index in [9.17, 15) is 29.6 Å². The lowest BCUT2D eigenvalue weighted by Gasteiger charge is -2.23. The lowest BCUT2D eigenvalue weighted by molar-refractivity contribution is -0.123. The Morgan fingerprint density at radius 3 is 1.50 bits per heavy atom. The number of aryl methyl sites for hydroxylation is 1. The van der Waals surface area contributed by atoms with Gasteiger partial charge in [0.25, 0.3) is 56.0 Å². The number of carboxylic acid groups (broad SMARTS) is 4. The Kier molecular flexibility index (Phi) is 25.7. The van der Waals surface area contributed by atoms with Gasteiger partial charge in [0.15, 0.2) is 28.6 Å². The second-order valence-corrected chi connectivity index (χ2v) is 30.5. The predicted octanol–water partition coefficient (Wildman–Crippen LogP) is 9.38. The molecule has 0 amide bonds. The molecule has 105 heavy (non-hydrogen) atoms. The fourth-order valence-electron chi connectivity index (χ4n) is 13.6. The van der Waals surface area contributed by atoms with Crippen LogP contribution in [0.5, 0.6) is 23.0 Å². The van der Waals surface area contributed by atoms with Crippen LogP contribution >= 0.6 is 0 Å². The number of nitrogens with zero attached hydrogens (tertiary/aromatic N) is 7. The Bertz CT molecular complexity index is 5170. The minimum Gasteiger partial charge on any atom is -0.486 e. The molecule has 0 spiro atoms. The molecule has 0 radical (unpaired) electrons. The van der Waals surface area contributed by atoms with Gasteiger partial charge in [-0.3, -0.25) is 19.2 Å². The van der Waals surface area contributed by atoms with Crippen molar-refractivity contribution < 1.29 is 88.2 Å². The number of nitrogens with one attached hydrogen (secondary N) is 2. The van der Waals surface area contributed by atoms with Crippen LogP contribution in [-0.2, 0) is 56.3 Å². The van der Waals surface area contributed by atoms with E-state index in [2.05, 4.69) is 63.8 Å². The average molecular weight is 1500 g/mol. The number of hydrogen-bond donors (Lipinski definition) is 6. The second-order valence-electron chi connectivity index (χ2n) is 25.1. The zero-order valence-electron chi connectivity index (χ0n) is 57.9. The molecule has 0 atom stereocenters. The molecule has 31 heteroatoms. The quantitative estimate of drug-likeness (QED) is 0.0694. The highest BCUT2D eigenvalue weighted by Gasteiger charge is 2.31. The summed E-state index contributed by atoms with van der Waals surface area (Å²) in [6.07, 6.45) is 19.0. The van der Waals surface area contributed by atoms with Crippen molar-refractivity contribution in [2.24, 2.45) is 7.05 Å². The van der Waals surface area contributed by atoms with Crippen molar-refractivity contribution in [1.82, 2.24) is 41.9 Å². The average Bonchev–Trinajstić information content (AvgIpc) is 1.62. The fraction of sp³-hybridized carbons (Fsp3) is 0.311. The highest BCUT2D eigenvalue weighted by atomic mass is 32.2. The number of ether oxygens (including phenoxy) is 4. The summed E-state index contributed by atoms with van der Waals surface area (Å²) in [5.41, 5.74) is 9.39. The van der Waals surface area contributed by atoms with E-state index in [4.69, 9.17) is 58.6 Å². The number of piperidine rings is 2. The summed E-state index contributed by atoms with van der Waals surface area (Å²) >= 11 is 0. The van der Waals surface area contributed by atoms with Crippen molar-refractivity contribution in [1.29, 1.82) is 0 Å². The zero-order valence-corrected chi connectivity index (χ0v) is 60.3. The topological polar surface area (TPSA) is 352 Å². The molecule has 0 aliphatic carbocycles. The fourth-order valence-corrected chi connectivity index (χ4v) is 17.7. The Balaban J connectivity index is 0.000000158. The van der Waals surface area contributed by atoms with Gasteiger partial charge in [-0.25, -0.2) is 46.5 Å². The van der Waals surface area contributed by atoms with Crippen molar-refractivity contribution in [3.05, 3.63) is 180 Å². The molecule has 11 heterocycles. The van der Waals surface area contributed by atoms with Gasteiger partial charge in [0.05, 0.1) is 25.7 Å². The summed E-state index contributed by atoms with van der Waals surface area (Å²) in [6.45, 7) is 8.09. The molecule has 5 aromatic carbocycles. The second kappa shape index (κ2) is 34.9. The Labute approximate surface area is 606 Å². The van der Waals surface area contributed by atoms with E-state index in [0.717, 1.165) is 135 Å². The molecule has 6 N–H and O–H groups in total. The third kappa shape index (κ3) is 17.4. The van der Waals surface area contributed by atoms with Crippen LogP contribution in [0.1, 0.15) is 72.6 Å². The number of carbonyl (C=O) groups is 4. The van der Waals surface area contributed by atoms with Crippen molar-refractivity contribution in [2.75, 3.05) is 92.9 Å². The molecule has 6 aliphatic rings. The van der Waals surface area contributed by atoms with Gasteiger partial charge < -0.3 is 64.4 Å². The maximum atomic E-state index is 14.0. The van der Waals surface area contributed by atoms with Crippen molar-refractivity contribution in [2.45, 2.75) is 65.0 Å². The van der Waals surface area contributed by atoms with Crippen LogP contribution in [0.15, 0.2) is 167 Å². The highest BCUT2D eigenvalue weighted by Crippen LogP contribution is 2.41. The van der Waals surface area contributed by atoms with Gasteiger partial charge in [0.1, 0.15) is 32.2 Å². The lowest BCUT2D eigenvalue weighted by Crippen LogP contribution is -2.26. The monoisotopic (exact) mass is 1500 g/mol. The SMILES string of the molecule is CN1CC=C(c2ccc3c(c2)c(C2=CCN(C)CC2)cn3S(=O)(=O)c2ccc3c(ccn3C)c2)CC1.O=CO.O=CO.O=CO.O=CO.O=S(=O)(c1ccc2c(c1)OCCO2)n1cc(C2CCNCC2)c2cc(F)ccc21.O=S(=O)(c1ccc2c(c1)OCCO2)n1cc(C2CCNCC2)c2cccnc21. The molecule has 5 aromatic heterocycles. The van der Waals surface area contributed by atoms with E-state index >= 15 is 0 Å². The summed E-state index contributed by atoms with van der Waals surface area (Å²) in [4.78, 5) is 43.0. The van der Waals surface area contributed by atoms with Crippen LogP contribution in [0, 0.1) is 5.82 Å². The molecule has 6 aliphatic heterocycles. The number of fused-ring (bicyclic) bond motifs is 6. The van der Waals surface area contributed by atoms with E-state index in [-0.39, 0.29) is 47.4 Å². The normalized spacial score (nSPS) is 16.2. The van der Waals surface area contributed by atoms with Gasteiger partial charge in [0.2, 0.25) is 0 Å². The first kappa shape index (κ1) is 77.2. The number of halogens is 1. The third-order valence-electron chi connectivity index (χ3n) is 18.8. The number of likely N-dealkylation sites (N-methyl/N-ethyl adjacent to an activating group) is 2. The van der Waals surface area contributed by atoms with E-state index in [1.54, 1.807) is 48.9 Å². The first-order valence-electron chi connectivity index (χ1n) is 33.7. The van der Waals surface area contributed by atoms with Crippen LogP contribution in [0.4, 0.5) is 4.39 Å². The van der Waals surface area contributed by atoms with Gasteiger partial charge in [0, 0.05) is 109 Å². The summed E-state index contributed by atoms with van der Waals surface area (Å²) in [7, 11) is -5.25. The van der Waals surface area contributed by atoms with E-state index in [1.165, 1.54) is 65.0 Å². The van der Waals surface area contributed by atoms with Gasteiger partial charge >= 0.3 is 0 Å². The van der Waals surface area contributed by atoms with E-state index in [0.29, 0.717) is 76.8 Å². The zero-order chi connectivity index (χ0) is 75.0. The Morgan fingerprint density at radius 2 is 0.952 bits per heavy atom. The Morgan fingerprint density at radius 1 is 0.495 bits per heavy atom. The van der Waals surface area contributed by atoms with Gasteiger partial charge in [-0.1, -0.05) is 18.2 Å². The predicted molar refractivity (Wildman–Crippen MR) is 394 cm³/mol. The number of benzene rings is 5. The molecular formula is C74H82FN9O18S3. The lowest BCUT2D eigenvalue weighted by atomic mass is 9.90. The first-order chi connectivity index (χ1) is 50.6. The molecule has 0 saturated carbocycles. The molecule has 27 nitrogen and oxygen atoms in total. The smallest absolute Gasteiger partial charge is 0.290 e. The molecule has 0 bridgehead atoms. The van der Waals surface area contributed by atoms with Gasteiger partial charge in [-0.2, -0.15) is 0 Å². The van der Waals surface area contributed by atoms with Crippen molar-refractivity contribution in [3.63, 3.8) is 0 Å². The van der Waals surface area contributed by atoms with E-state index < -0.39 is 30.1 Å². The molecule has 10 aromatic rings. The minimum absolute atomic E-state index is 0.111. The summed E-state index contributed by atoms with van der Waals surface area (Å²) in [5.74, 6) is 2.11. The first-order valence-corrected chi connectivity index (χ1v) is 38.0. The summed E-state index contributed by atoms with van der Waals surface area (Å²) < 4.78 is 124. The highest BCUT2D eigenvalue weighted by molar-refractivity contribution is 7.90. The van der Waals surface area contributed by atoms with Crippen molar-refractivity contribution in [3.8, 4) is 23.0 Å². The number of pyridine rings is 1. The standard InChI is InChI=1S/C29H32N4O2S.C21H21FN2O4S.C20H21N3O4S.4CH2O2/c1-30-13-8-21(9-14-30)23-4-6-29-26(19-23)27(22-10-15-31(2)16-11-22)20-33(29)36(34,35)25-5-7-28-24(18-25)12-17-32(28)3;22-15-1-3-19-17(11-15)18(14-5-7-23-8-6-14)13-24(19)29(25,26)16-2-4-20-21(12-16)28-10-9-27-20;24-28(25,15-3-4-18-19(12-15)27-11-10-26-18)23-13-17(14-5-8-21-9-6-14)16-2-1-7-22-20(16)23;4*2-1-3/h4-8,10,12,17-20H,9,11,13-16H2,1-3H3;1-4,11-14,23H,5-10H2;1-4,7,12-14,21H,5-6,8-11H2;4*1H,(H,2,3). The molecule has 16 rings (SSSR count). The largest absolute Gasteiger partial charge is 0.486 e. The maximum absolute atomic E-state index is 14.0. The Hall–Kier alpha value is -10.4. The van der Waals surface area contributed by atoms with Gasteiger partial charge in [-0.15, -0.1) is 0 Å². The third-order valence-corrected chi connectivity index (χ3v) is 23.7.